The second kappa shape index (κ2) is 10.1. The number of rotatable bonds is 6. The quantitative estimate of drug-likeness (QED) is 0.333. The van der Waals surface area contributed by atoms with E-state index in [1.165, 1.54) is 32.6 Å². The fourth-order valence-electron chi connectivity index (χ4n) is 5.00. The van der Waals surface area contributed by atoms with Crippen LogP contribution < -0.4 is 19.8 Å². The Morgan fingerprint density at radius 1 is 1.00 bits per heavy atom. The monoisotopic (exact) mass is 577 g/mol. The number of benzene rings is 2. The minimum Gasteiger partial charge on any atom is -0.497 e. The summed E-state index contributed by atoms with van der Waals surface area (Å²) >= 11 is 3.74. The number of nitrogens with zero attached hydrogens (tertiary/aromatic N) is 2. The van der Waals surface area contributed by atoms with E-state index in [4.69, 9.17) is 4.74 Å². The molecular weight excluding hydrogens is 555 g/mol. The molecule has 6 rings (SSSR count). The summed E-state index contributed by atoms with van der Waals surface area (Å²) in [5.74, 6) is -1.46. The molecule has 4 heterocycles. The predicted molar refractivity (Wildman–Crippen MR) is 153 cm³/mol. The average Bonchev–Trinajstić information content (AvgIpc) is 3.63. The molecule has 39 heavy (non-hydrogen) atoms. The number of thiazole rings is 1. The number of hydrogen-bond acceptors (Lipinski definition) is 8. The minimum atomic E-state index is -0.723. The molecule has 0 saturated carbocycles. The van der Waals surface area contributed by atoms with E-state index in [0.29, 0.717) is 22.2 Å². The number of amides is 3. The van der Waals surface area contributed by atoms with E-state index < -0.39 is 17.1 Å². The van der Waals surface area contributed by atoms with Crippen LogP contribution in [0.2, 0.25) is 0 Å². The van der Waals surface area contributed by atoms with Gasteiger partial charge in [0, 0.05) is 21.4 Å². The number of carbonyl (C=O) groups is 3. The van der Waals surface area contributed by atoms with Crippen molar-refractivity contribution in [3.63, 3.8) is 0 Å². The molecule has 1 N–H and O–H groups in total. The molecule has 8 nitrogen and oxygen atoms in total. The van der Waals surface area contributed by atoms with Crippen molar-refractivity contribution >= 4 is 63.5 Å². The zero-order valence-electron chi connectivity index (χ0n) is 21.0. The molecule has 1 fully saturated rings. The average molecular weight is 578 g/mol. The molecule has 3 unspecified atom stereocenters. The Kier molecular flexibility index (Phi) is 6.66. The highest BCUT2D eigenvalue weighted by molar-refractivity contribution is 8.00. The molecule has 0 aliphatic carbocycles. The summed E-state index contributed by atoms with van der Waals surface area (Å²) in [6, 6.07) is 18.0. The summed E-state index contributed by atoms with van der Waals surface area (Å²) in [5, 5.41) is 4.61. The Hall–Kier alpha value is -3.67. The molecule has 3 atom stereocenters. The maximum Gasteiger partial charge on any atom is 0.308 e. The maximum atomic E-state index is 13.8. The number of imide groups is 1. The summed E-state index contributed by atoms with van der Waals surface area (Å²) < 4.78 is 6.65. The van der Waals surface area contributed by atoms with Crippen LogP contribution >= 0.6 is 34.4 Å². The number of hydrogen-bond donors (Lipinski definition) is 1. The molecule has 11 heteroatoms. The van der Waals surface area contributed by atoms with E-state index >= 15 is 0 Å². The lowest BCUT2D eigenvalue weighted by atomic mass is 9.87. The van der Waals surface area contributed by atoms with Gasteiger partial charge in [-0.3, -0.25) is 23.7 Å². The molecule has 1 saturated heterocycles. The van der Waals surface area contributed by atoms with Crippen molar-refractivity contribution in [2.24, 2.45) is 5.92 Å². The molecule has 2 aromatic heterocycles. The number of ether oxygens (including phenoxy) is 1. The van der Waals surface area contributed by atoms with Gasteiger partial charge in [0.25, 0.3) is 0 Å². The number of carbonyl (C=O) groups excluding carboxylic acids is 3. The number of thioether (sulfide) groups is 1. The molecule has 2 aliphatic rings. The number of aromatic nitrogens is 1. The van der Waals surface area contributed by atoms with Gasteiger partial charge in [0.2, 0.25) is 17.7 Å². The first-order valence-electron chi connectivity index (χ1n) is 12.2. The summed E-state index contributed by atoms with van der Waals surface area (Å²) in [6.07, 6.45) is 0. The van der Waals surface area contributed by atoms with Crippen LogP contribution in [0.5, 0.6) is 5.75 Å². The van der Waals surface area contributed by atoms with Gasteiger partial charge < -0.3 is 10.1 Å². The maximum absolute atomic E-state index is 13.8. The van der Waals surface area contributed by atoms with E-state index in [1.807, 2.05) is 48.7 Å². The lowest BCUT2D eigenvalue weighted by Gasteiger charge is -2.29. The molecule has 0 spiro atoms. The van der Waals surface area contributed by atoms with Gasteiger partial charge in [-0.15, -0.1) is 11.3 Å². The van der Waals surface area contributed by atoms with E-state index in [1.54, 1.807) is 31.4 Å². The largest absolute Gasteiger partial charge is 0.497 e. The molecule has 198 valence electrons. The Morgan fingerprint density at radius 3 is 2.41 bits per heavy atom. The number of thiophene rings is 1. The van der Waals surface area contributed by atoms with Crippen molar-refractivity contribution in [3.05, 3.63) is 91.0 Å². The van der Waals surface area contributed by atoms with Crippen molar-refractivity contribution in [1.82, 2.24) is 4.57 Å². The van der Waals surface area contributed by atoms with Gasteiger partial charge in [-0.25, -0.2) is 4.90 Å². The highest BCUT2D eigenvalue weighted by Crippen LogP contribution is 2.54. The molecular formula is C28H23N3O5S3. The van der Waals surface area contributed by atoms with Crippen molar-refractivity contribution in [1.29, 1.82) is 0 Å². The van der Waals surface area contributed by atoms with Crippen molar-refractivity contribution < 1.29 is 19.1 Å². The van der Waals surface area contributed by atoms with Crippen LogP contribution in [0.25, 0.3) is 0 Å². The lowest BCUT2D eigenvalue weighted by molar-refractivity contribution is -0.122. The van der Waals surface area contributed by atoms with Gasteiger partial charge in [-0.05, 0) is 54.8 Å². The topological polar surface area (TPSA) is 97.7 Å². The van der Waals surface area contributed by atoms with Crippen LogP contribution in [0.1, 0.15) is 21.2 Å². The molecule has 0 bridgehead atoms. The first kappa shape index (κ1) is 25.6. The summed E-state index contributed by atoms with van der Waals surface area (Å²) in [4.78, 5) is 56.3. The summed E-state index contributed by atoms with van der Waals surface area (Å²) in [6.45, 7) is 1.77. The lowest BCUT2D eigenvalue weighted by Crippen LogP contribution is -2.32. The van der Waals surface area contributed by atoms with E-state index in [9.17, 15) is 19.2 Å². The van der Waals surface area contributed by atoms with Crippen molar-refractivity contribution in [2.45, 2.75) is 29.7 Å². The molecule has 2 aromatic carbocycles. The second-order valence-corrected chi connectivity index (χ2v) is 12.4. The number of nitrogens with one attached hydrogen (secondary N) is 1. The van der Waals surface area contributed by atoms with Gasteiger partial charge in [-0.1, -0.05) is 46.9 Å². The first-order valence-corrected chi connectivity index (χ1v) is 14.7. The number of aryl methyl sites for hydroxylation is 1. The smallest absolute Gasteiger partial charge is 0.308 e. The Balaban J connectivity index is 1.36. The van der Waals surface area contributed by atoms with Gasteiger partial charge in [-0.2, -0.15) is 0 Å². The van der Waals surface area contributed by atoms with E-state index in [-0.39, 0.29) is 29.1 Å². The number of anilines is 2. The van der Waals surface area contributed by atoms with Crippen molar-refractivity contribution in [2.75, 3.05) is 17.3 Å². The zero-order valence-corrected chi connectivity index (χ0v) is 23.4. The Labute approximate surface area is 236 Å². The van der Waals surface area contributed by atoms with E-state index in [2.05, 4.69) is 5.32 Å². The third kappa shape index (κ3) is 4.50. The van der Waals surface area contributed by atoms with Gasteiger partial charge in [0.15, 0.2) is 0 Å². The van der Waals surface area contributed by atoms with Crippen LogP contribution in [0.3, 0.4) is 0 Å². The molecule has 0 radical (unpaired) electrons. The minimum absolute atomic E-state index is 0.190. The van der Waals surface area contributed by atoms with Crippen molar-refractivity contribution in [3.8, 4) is 5.75 Å². The van der Waals surface area contributed by atoms with Crippen LogP contribution in [0.4, 0.5) is 11.4 Å². The normalized spacial score (nSPS) is 20.1. The first-order chi connectivity index (χ1) is 18.9. The molecule has 3 amide bonds. The standard InChI is InChI=1S/C28H23N3O5S3/c1-15-5-7-16(8-6-15)29-20(32)14-30-27-24(39-28(30)35)21(19-4-3-13-37-19)22-23(38-27)26(34)31(25(22)33)17-9-11-18(36-2)12-10-17/h3-13,21-23H,14H2,1-2H3,(H,29,32). The van der Waals surface area contributed by atoms with Crippen LogP contribution in [0.15, 0.2) is 75.9 Å². The number of methoxy groups -OCH3 is 1. The second-order valence-electron chi connectivity index (χ2n) is 9.30. The fourth-order valence-corrected chi connectivity index (χ4v) is 8.72. The van der Waals surface area contributed by atoms with Crippen LogP contribution in [-0.2, 0) is 20.9 Å². The summed E-state index contributed by atoms with van der Waals surface area (Å²) in [7, 11) is 1.55. The highest BCUT2D eigenvalue weighted by atomic mass is 32.2. The Morgan fingerprint density at radius 2 is 1.74 bits per heavy atom. The van der Waals surface area contributed by atoms with Gasteiger partial charge in [0.1, 0.15) is 17.5 Å². The zero-order chi connectivity index (χ0) is 27.3. The van der Waals surface area contributed by atoms with Gasteiger partial charge >= 0.3 is 4.87 Å². The molecule has 2 aliphatic heterocycles. The van der Waals surface area contributed by atoms with E-state index in [0.717, 1.165) is 26.7 Å². The highest BCUT2D eigenvalue weighted by Gasteiger charge is 2.57. The Bertz CT molecular complexity index is 1620. The summed E-state index contributed by atoms with van der Waals surface area (Å²) in [5.41, 5.74) is 2.18. The third-order valence-electron chi connectivity index (χ3n) is 6.87. The number of fused-ring (bicyclic) bond motifs is 2. The molecule has 4 aromatic rings. The van der Waals surface area contributed by atoms with Gasteiger partial charge in [0.05, 0.1) is 23.7 Å². The van der Waals surface area contributed by atoms with Crippen LogP contribution in [-0.4, -0.2) is 34.6 Å². The van der Waals surface area contributed by atoms with Crippen LogP contribution in [0, 0.1) is 12.8 Å². The third-order valence-corrected chi connectivity index (χ3v) is 10.4. The fraction of sp³-hybridized carbons (Fsp3) is 0.214. The SMILES string of the molecule is COc1ccc(N2C(=O)C3Sc4c(sc(=O)n4CC(=O)Nc4ccc(C)cc4)C(c4cccs4)C3C2=O)cc1. The predicted octanol–water partition coefficient (Wildman–Crippen LogP) is 4.72.